The van der Waals surface area contributed by atoms with Crippen LogP contribution in [-0.2, 0) is 9.59 Å². The first-order chi connectivity index (χ1) is 14.0. The van der Waals surface area contributed by atoms with E-state index >= 15 is 0 Å². The van der Waals surface area contributed by atoms with Crippen LogP contribution in [0.25, 0.3) is 0 Å². The maximum atomic E-state index is 12.4. The maximum absolute atomic E-state index is 12.4. The molecule has 0 bridgehead atoms. The fraction of sp³-hybridized carbons (Fsp3) is 0.238. The summed E-state index contributed by atoms with van der Waals surface area (Å²) in [5.41, 5.74) is 1.37. The number of hydrogen-bond acceptors (Lipinski definition) is 5. The monoisotopic (exact) mass is 393 g/mol. The summed E-state index contributed by atoms with van der Waals surface area (Å²) < 4.78 is 5.69. The normalized spacial score (nSPS) is 17.7. The van der Waals surface area contributed by atoms with Crippen molar-refractivity contribution in [3.05, 3.63) is 59.7 Å². The van der Waals surface area contributed by atoms with E-state index in [2.05, 4.69) is 5.32 Å². The average molecular weight is 393 g/mol. The van der Waals surface area contributed by atoms with Gasteiger partial charge in [-0.15, -0.1) is 0 Å². The predicted molar refractivity (Wildman–Crippen MR) is 104 cm³/mol. The largest absolute Gasteiger partial charge is 0.477 e. The lowest BCUT2D eigenvalue weighted by atomic mass is 10.1. The van der Waals surface area contributed by atoms with Crippen molar-refractivity contribution in [1.29, 1.82) is 0 Å². The molecule has 4 rings (SSSR count). The van der Waals surface area contributed by atoms with Crippen LogP contribution in [0.5, 0.6) is 5.75 Å². The predicted octanol–water partition coefficient (Wildman–Crippen LogP) is 1.21. The summed E-state index contributed by atoms with van der Waals surface area (Å²) in [6.45, 7) is -0.0289. The highest BCUT2D eigenvalue weighted by Crippen LogP contribution is 2.32. The molecule has 8 heteroatoms. The highest BCUT2D eigenvalue weighted by molar-refractivity contribution is 6.21. The molecule has 0 aromatic heterocycles. The molecule has 0 aliphatic carbocycles. The maximum Gasteiger partial charge on any atom is 0.269 e. The zero-order valence-corrected chi connectivity index (χ0v) is 15.8. The van der Waals surface area contributed by atoms with E-state index in [9.17, 15) is 19.2 Å². The Kier molecular flexibility index (Phi) is 4.75. The molecule has 2 aromatic carbocycles. The fourth-order valence-electron chi connectivity index (χ4n) is 3.45. The van der Waals surface area contributed by atoms with Gasteiger partial charge in [0.25, 0.3) is 17.7 Å². The molecule has 2 heterocycles. The molecule has 1 unspecified atom stereocenters. The number of fused-ring (bicyclic) bond motifs is 2. The number of nitrogens with one attached hydrogen (secondary N) is 1. The van der Waals surface area contributed by atoms with Gasteiger partial charge in [0.2, 0.25) is 5.91 Å². The van der Waals surface area contributed by atoms with Crippen LogP contribution in [-0.4, -0.2) is 54.8 Å². The van der Waals surface area contributed by atoms with E-state index < -0.39 is 17.9 Å². The Hall–Kier alpha value is -3.68. The van der Waals surface area contributed by atoms with Crippen LogP contribution in [0.4, 0.5) is 5.69 Å². The van der Waals surface area contributed by atoms with Crippen LogP contribution >= 0.6 is 0 Å². The smallest absolute Gasteiger partial charge is 0.269 e. The summed E-state index contributed by atoms with van der Waals surface area (Å²) in [6.07, 6.45) is -0.892. The average Bonchev–Trinajstić information content (AvgIpc) is 2.98. The second-order valence-electron chi connectivity index (χ2n) is 6.83. The molecule has 2 aliphatic heterocycles. The minimum Gasteiger partial charge on any atom is -0.477 e. The topological polar surface area (TPSA) is 96.0 Å². The number of hydrogen-bond donors (Lipinski definition) is 1. The summed E-state index contributed by atoms with van der Waals surface area (Å²) in [6, 6.07) is 13.7. The number of benzene rings is 2. The van der Waals surface area contributed by atoms with Crippen molar-refractivity contribution in [2.45, 2.75) is 12.5 Å². The summed E-state index contributed by atoms with van der Waals surface area (Å²) >= 11 is 0. The van der Waals surface area contributed by atoms with Crippen molar-refractivity contribution in [3.63, 3.8) is 0 Å². The number of nitrogens with zero attached hydrogens (tertiary/aromatic N) is 2. The third-order valence-corrected chi connectivity index (χ3v) is 5.03. The second kappa shape index (κ2) is 7.38. The SMILES string of the molecule is CN1C(=O)C(CNC(=O)CCN2C(=O)c3ccccc3C2=O)Oc2ccccc21. The molecule has 148 valence electrons. The molecule has 1 N–H and O–H groups in total. The molecule has 0 saturated carbocycles. The first-order valence-electron chi connectivity index (χ1n) is 9.22. The van der Waals surface area contributed by atoms with E-state index in [0.717, 1.165) is 4.90 Å². The third-order valence-electron chi connectivity index (χ3n) is 5.03. The van der Waals surface area contributed by atoms with E-state index in [1.807, 2.05) is 6.07 Å². The Bertz CT molecular complexity index is 984. The number of ether oxygens (including phenoxy) is 1. The molecular weight excluding hydrogens is 374 g/mol. The van der Waals surface area contributed by atoms with Crippen molar-refractivity contribution in [2.24, 2.45) is 0 Å². The van der Waals surface area contributed by atoms with E-state index in [-0.39, 0.29) is 31.3 Å². The molecule has 1 atom stereocenters. The third kappa shape index (κ3) is 3.33. The highest BCUT2D eigenvalue weighted by atomic mass is 16.5. The quantitative estimate of drug-likeness (QED) is 0.771. The van der Waals surface area contributed by atoms with Gasteiger partial charge in [0.15, 0.2) is 6.10 Å². The van der Waals surface area contributed by atoms with Gasteiger partial charge >= 0.3 is 0 Å². The van der Waals surface area contributed by atoms with E-state index in [4.69, 9.17) is 4.74 Å². The molecule has 2 aliphatic rings. The van der Waals surface area contributed by atoms with Crippen molar-refractivity contribution < 1.29 is 23.9 Å². The van der Waals surface area contributed by atoms with Crippen LogP contribution in [0.2, 0.25) is 0 Å². The molecule has 0 fully saturated rings. The zero-order chi connectivity index (χ0) is 20.5. The Morgan fingerprint density at radius 3 is 2.31 bits per heavy atom. The Balaban J connectivity index is 1.32. The number of anilines is 1. The first-order valence-corrected chi connectivity index (χ1v) is 9.22. The van der Waals surface area contributed by atoms with Crippen LogP contribution in [0.15, 0.2) is 48.5 Å². The number of carbonyl (C=O) groups excluding carboxylic acids is 4. The van der Waals surface area contributed by atoms with E-state index in [0.29, 0.717) is 22.6 Å². The highest BCUT2D eigenvalue weighted by Gasteiger charge is 2.35. The molecule has 2 aromatic rings. The molecule has 0 radical (unpaired) electrons. The molecule has 8 nitrogen and oxygen atoms in total. The number of para-hydroxylation sites is 2. The van der Waals surface area contributed by atoms with Gasteiger partial charge in [-0.1, -0.05) is 24.3 Å². The Morgan fingerprint density at radius 1 is 1.00 bits per heavy atom. The van der Waals surface area contributed by atoms with Gasteiger partial charge in [0, 0.05) is 20.0 Å². The van der Waals surface area contributed by atoms with Gasteiger partial charge in [-0.05, 0) is 24.3 Å². The van der Waals surface area contributed by atoms with Crippen LogP contribution in [0.3, 0.4) is 0 Å². The van der Waals surface area contributed by atoms with Gasteiger partial charge in [-0.25, -0.2) is 0 Å². The van der Waals surface area contributed by atoms with Gasteiger partial charge in [0.1, 0.15) is 5.75 Å². The lowest BCUT2D eigenvalue weighted by Gasteiger charge is -2.31. The van der Waals surface area contributed by atoms with Crippen molar-refractivity contribution in [3.8, 4) is 5.75 Å². The summed E-state index contributed by atoms with van der Waals surface area (Å²) in [5.74, 6) is -0.867. The van der Waals surface area contributed by atoms with Crippen LogP contribution < -0.4 is 15.0 Å². The standard InChI is InChI=1S/C21H19N3O5/c1-23-15-8-4-5-9-16(15)29-17(21(23)28)12-22-18(25)10-11-24-19(26)13-6-2-3-7-14(13)20(24)27/h2-9,17H,10-12H2,1H3,(H,22,25). The van der Waals surface area contributed by atoms with Crippen molar-refractivity contribution in [1.82, 2.24) is 10.2 Å². The number of rotatable bonds is 5. The summed E-state index contributed by atoms with van der Waals surface area (Å²) in [5, 5.41) is 2.65. The van der Waals surface area contributed by atoms with Gasteiger partial charge in [0.05, 0.1) is 23.4 Å². The van der Waals surface area contributed by atoms with E-state index in [1.165, 1.54) is 4.90 Å². The summed E-state index contributed by atoms with van der Waals surface area (Å²) in [4.78, 5) is 51.9. The minimum atomic E-state index is -0.835. The fourth-order valence-corrected chi connectivity index (χ4v) is 3.45. The van der Waals surface area contributed by atoms with E-state index in [1.54, 1.807) is 49.5 Å². The summed E-state index contributed by atoms with van der Waals surface area (Å²) in [7, 11) is 1.65. The van der Waals surface area contributed by atoms with Gasteiger partial charge in [-0.3, -0.25) is 24.1 Å². The van der Waals surface area contributed by atoms with Crippen LogP contribution in [0, 0.1) is 0 Å². The molecule has 0 saturated heterocycles. The van der Waals surface area contributed by atoms with Crippen molar-refractivity contribution >= 4 is 29.3 Å². The van der Waals surface area contributed by atoms with Gasteiger partial charge in [-0.2, -0.15) is 0 Å². The number of imide groups is 1. The number of likely N-dealkylation sites (N-methyl/N-ethyl adjacent to an activating group) is 1. The molecule has 0 spiro atoms. The second-order valence-corrected chi connectivity index (χ2v) is 6.83. The molecule has 4 amide bonds. The molecular formula is C21H19N3O5. The van der Waals surface area contributed by atoms with Gasteiger partial charge < -0.3 is 15.0 Å². The minimum absolute atomic E-state index is 0.00153. The molecule has 29 heavy (non-hydrogen) atoms. The number of carbonyl (C=O) groups is 4. The zero-order valence-electron chi connectivity index (χ0n) is 15.8. The Morgan fingerprint density at radius 2 is 1.62 bits per heavy atom. The first kappa shape index (κ1) is 18.7. The Labute approximate surface area is 167 Å². The van der Waals surface area contributed by atoms with Crippen LogP contribution in [0.1, 0.15) is 27.1 Å². The lowest BCUT2D eigenvalue weighted by Crippen LogP contribution is -2.49. The van der Waals surface area contributed by atoms with Crippen molar-refractivity contribution in [2.75, 3.05) is 25.0 Å². The number of amides is 4. The lowest BCUT2D eigenvalue weighted by molar-refractivity contribution is -0.127.